The minimum Gasteiger partial charge on any atom is -0.459 e. The normalized spacial score (nSPS) is 22.6. The molecule has 1 saturated carbocycles. The van der Waals surface area contributed by atoms with E-state index in [4.69, 9.17) is 19.3 Å². The van der Waals surface area contributed by atoms with Gasteiger partial charge >= 0.3 is 0 Å². The lowest BCUT2D eigenvalue weighted by molar-refractivity contribution is -0.157. The summed E-state index contributed by atoms with van der Waals surface area (Å²) in [4.78, 5) is 15.0. The number of aliphatic hydroxyl groups is 1. The van der Waals surface area contributed by atoms with Crippen LogP contribution in [0.2, 0.25) is 0 Å². The van der Waals surface area contributed by atoms with Gasteiger partial charge in [0.2, 0.25) is 6.29 Å². The van der Waals surface area contributed by atoms with Crippen LogP contribution in [0.15, 0.2) is 42.2 Å². The van der Waals surface area contributed by atoms with Crippen LogP contribution in [0.4, 0.5) is 0 Å². The summed E-state index contributed by atoms with van der Waals surface area (Å²) in [6, 6.07) is 10.4. The number of hydrogen-bond acceptors (Lipinski definition) is 5. The maximum Gasteiger partial charge on any atom is 0.288 e. The van der Waals surface area contributed by atoms with Crippen LogP contribution in [0.3, 0.4) is 0 Å². The number of carbonyl (C=O) groups excluding carboxylic acids is 1. The minimum absolute atomic E-state index is 0.00903. The smallest absolute Gasteiger partial charge is 0.288 e. The number of aliphatic hydroxyl groups excluding tert-OH is 1. The van der Waals surface area contributed by atoms with Crippen molar-refractivity contribution in [3.8, 4) is 0 Å². The van der Waals surface area contributed by atoms with Crippen molar-refractivity contribution in [2.45, 2.75) is 56.8 Å². The molecule has 0 saturated heterocycles. The molecular formula is C23H33NO5. The highest BCUT2D eigenvalue weighted by atomic mass is 16.7. The Morgan fingerprint density at radius 2 is 1.90 bits per heavy atom. The Morgan fingerprint density at radius 1 is 1.14 bits per heavy atom. The number of carbonyl (C=O) groups is 1. The highest BCUT2D eigenvalue weighted by Gasteiger charge is 2.32. The van der Waals surface area contributed by atoms with E-state index in [0.29, 0.717) is 25.4 Å². The molecule has 29 heavy (non-hydrogen) atoms. The van der Waals surface area contributed by atoms with Crippen molar-refractivity contribution in [3.05, 3.63) is 47.7 Å². The van der Waals surface area contributed by atoms with Gasteiger partial charge in [0.05, 0.1) is 26.4 Å². The Labute approximate surface area is 173 Å². The molecule has 1 aromatic rings. The van der Waals surface area contributed by atoms with E-state index >= 15 is 0 Å². The predicted octanol–water partition coefficient (Wildman–Crippen LogP) is 3.22. The molecule has 160 valence electrons. The number of hydrogen-bond donors (Lipinski definition) is 1. The van der Waals surface area contributed by atoms with Crippen LogP contribution in [0.1, 0.15) is 50.0 Å². The van der Waals surface area contributed by atoms with Gasteiger partial charge in [0, 0.05) is 25.4 Å². The maximum absolute atomic E-state index is 13.2. The van der Waals surface area contributed by atoms with E-state index in [9.17, 15) is 4.79 Å². The van der Waals surface area contributed by atoms with E-state index in [2.05, 4.69) is 12.1 Å². The van der Waals surface area contributed by atoms with Gasteiger partial charge in [0.15, 0.2) is 5.76 Å². The summed E-state index contributed by atoms with van der Waals surface area (Å²) in [7, 11) is 1.88. The van der Waals surface area contributed by atoms with Crippen molar-refractivity contribution < 1.29 is 24.1 Å². The summed E-state index contributed by atoms with van der Waals surface area (Å²) >= 11 is 0. The molecule has 2 aliphatic rings. The average Bonchev–Trinajstić information content (AvgIpc) is 2.79. The zero-order valence-electron chi connectivity index (χ0n) is 17.3. The van der Waals surface area contributed by atoms with Crippen molar-refractivity contribution in [3.63, 3.8) is 0 Å². The lowest BCUT2D eigenvalue weighted by Crippen LogP contribution is -2.41. The maximum atomic E-state index is 13.2. The molecule has 1 heterocycles. The van der Waals surface area contributed by atoms with Gasteiger partial charge in [0.1, 0.15) is 0 Å². The van der Waals surface area contributed by atoms with E-state index < -0.39 is 6.29 Å². The van der Waals surface area contributed by atoms with Crippen molar-refractivity contribution in [1.29, 1.82) is 0 Å². The first-order valence-corrected chi connectivity index (χ1v) is 10.7. The fourth-order valence-electron chi connectivity index (χ4n) is 4.06. The molecule has 1 aliphatic carbocycles. The van der Waals surface area contributed by atoms with Crippen LogP contribution in [0, 0.1) is 0 Å². The SMILES string of the molecule is CN(C(=O)C1=C[C@@H](c2ccccc2)C[C@@H](OCCOCCO)O1)C1CCCCC1. The first-order chi connectivity index (χ1) is 14.2. The lowest BCUT2D eigenvalue weighted by atomic mass is 9.92. The molecule has 1 fully saturated rings. The van der Waals surface area contributed by atoms with Gasteiger partial charge in [-0.3, -0.25) is 4.79 Å². The fraction of sp³-hybridized carbons (Fsp3) is 0.609. The second kappa shape index (κ2) is 11.3. The minimum atomic E-state index is -0.498. The standard InChI is InChI=1S/C23H33NO5/c1-24(20-10-6-3-7-11-20)23(26)21-16-19(18-8-4-2-5-9-18)17-22(29-21)28-15-14-27-13-12-25/h2,4-5,8-9,16,19-20,22,25H,3,6-7,10-15,17H2,1H3/t19-,22+/m1/s1. The lowest BCUT2D eigenvalue weighted by Gasteiger charge is -2.34. The highest BCUT2D eigenvalue weighted by Crippen LogP contribution is 2.32. The Morgan fingerprint density at radius 3 is 2.62 bits per heavy atom. The van der Waals surface area contributed by atoms with E-state index in [-0.39, 0.29) is 31.1 Å². The van der Waals surface area contributed by atoms with Crippen molar-refractivity contribution in [1.82, 2.24) is 4.90 Å². The second-order valence-corrected chi connectivity index (χ2v) is 7.75. The van der Waals surface area contributed by atoms with Gasteiger partial charge in [0.25, 0.3) is 5.91 Å². The molecule has 0 unspecified atom stereocenters. The summed E-state index contributed by atoms with van der Waals surface area (Å²) < 4.78 is 17.1. The summed E-state index contributed by atoms with van der Waals surface area (Å²) in [6.07, 6.45) is 7.80. The zero-order valence-corrected chi connectivity index (χ0v) is 17.3. The Kier molecular flexibility index (Phi) is 8.52. The largest absolute Gasteiger partial charge is 0.459 e. The molecule has 1 N–H and O–H groups in total. The number of likely N-dealkylation sites (N-methyl/N-ethyl adjacent to an activating group) is 1. The van der Waals surface area contributed by atoms with Crippen LogP contribution in [-0.4, -0.2) is 61.7 Å². The quantitative estimate of drug-likeness (QED) is 0.641. The van der Waals surface area contributed by atoms with Gasteiger partial charge in [-0.05, 0) is 24.5 Å². The third kappa shape index (κ3) is 6.29. The van der Waals surface area contributed by atoms with Gasteiger partial charge in [-0.25, -0.2) is 0 Å². The highest BCUT2D eigenvalue weighted by molar-refractivity contribution is 5.91. The number of nitrogens with zero attached hydrogens (tertiary/aromatic N) is 1. The molecule has 3 rings (SSSR count). The Bertz CT molecular complexity index is 656. The predicted molar refractivity (Wildman–Crippen MR) is 110 cm³/mol. The Balaban J connectivity index is 1.68. The molecule has 0 radical (unpaired) electrons. The molecule has 1 amide bonds. The second-order valence-electron chi connectivity index (χ2n) is 7.75. The first-order valence-electron chi connectivity index (χ1n) is 10.7. The van der Waals surface area contributed by atoms with Gasteiger partial charge in [-0.2, -0.15) is 0 Å². The van der Waals surface area contributed by atoms with Crippen LogP contribution in [0.5, 0.6) is 0 Å². The molecule has 1 aliphatic heterocycles. The number of rotatable bonds is 9. The van der Waals surface area contributed by atoms with E-state index in [1.54, 1.807) is 0 Å². The monoisotopic (exact) mass is 403 g/mol. The number of ether oxygens (including phenoxy) is 3. The first kappa shape index (κ1) is 21.8. The molecule has 0 bridgehead atoms. The van der Waals surface area contributed by atoms with Crippen LogP contribution >= 0.6 is 0 Å². The van der Waals surface area contributed by atoms with E-state index in [0.717, 1.165) is 18.4 Å². The average molecular weight is 404 g/mol. The topological polar surface area (TPSA) is 68.2 Å². The molecule has 6 heteroatoms. The van der Waals surface area contributed by atoms with Crippen molar-refractivity contribution in [2.24, 2.45) is 0 Å². The number of amides is 1. The molecular weight excluding hydrogens is 370 g/mol. The number of benzene rings is 1. The summed E-state index contributed by atoms with van der Waals surface area (Å²) in [5, 5.41) is 8.79. The fourth-order valence-corrected chi connectivity index (χ4v) is 4.06. The third-order valence-electron chi connectivity index (χ3n) is 5.71. The van der Waals surface area contributed by atoms with Crippen molar-refractivity contribution >= 4 is 5.91 Å². The van der Waals surface area contributed by atoms with Crippen LogP contribution < -0.4 is 0 Å². The third-order valence-corrected chi connectivity index (χ3v) is 5.71. The van der Waals surface area contributed by atoms with Gasteiger partial charge in [-0.15, -0.1) is 0 Å². The summed E-state index contributed by atoms with van der Waals surface area (Å²) in [6.45, 7) is 1.01. The number of allylic oxidation sites excluding steroid dienone is 1. The van der Waals surface area contributed by atoms with Gasteiger partial charge in [-0.1, -0.05) is 49.6 Å². The summed E-state index contributed by atoms with van der Waals surface area (Å²) in [5.41, 5.74) is 1.14. The van der Waals surface area contributed by atoms with Gasteiger partial charge < -0.3 is 24.2 Å². The molecule has 2 atom stereocenters. The van der Waals surface area contributed by atoms with Crippen molar-refractivity contribution in [2.75, 3.05) is 33.5 Å². The van der Waals surface area contributed by atoms with E-state index in [1.165, 1.54) is 19.3 Å². The summed E-state index contributed by atoms with van der Waals surface area (Å²) in [5.74, 6) is 0.370. The molecule has 0 spiro atoms. The molecule has 0 aromatic heterocycles. The van der Waals surface area contributed by atoms with E-state index in [1.807, 2.05) is 36.2 Å². The molecule has 1 aromatic carbocycles. The zero-order chi connectivity index (χ0) is 20.5. The van der Waals surface area contributed by atoms with Crippen LogP contribution in [0.25, 0.3) is 0 Å². The molecule has 6 nitrogen and oxygen atoms in total. The van der Waals surface area contributed by atoms with Crippen LogP contribution in [-0.2, 0) is 19.0 Å². The Hall–Kier alpha value is -1.89.